The van der Waals surface area contributed by atoms with Crippen LogP contribution in [-0.4, -0.2) is 9.78 Å². The predicted molar refractivity (Wildman–Crippen MR) is 76.4 cm³/mol. The summed E-state index contributed by atoms with van der Waals surface area (Å²) in [5.74, 6) is 0. The number of anilines is 1. The zero-order valence-corrected chi connectivity index (χ0v) is 11.4. The molecular weight excluding hydrogens is 222 g/mol. The molecule has 0 aliphatic heterocycles. The van der Waals surface area contributed by atoms with Gasteiger partial charge in [0.2, 0.25) is 0 Å². The van der Waals surface area contributed by atoms with Crippen molar-refractivity contribution in [3.05, 3.63) is 36.0 Å². The molecular formula is C15H21N3. The molecule has 0 aliphatic carbocycles. The third-order valence-electron chi connectivity index (χ3n) is 3.40. The lowest BCUT2D eigenvalue weighted by Gasteiger charge is -2.12. The average molecular weight is 243 g/mol. The SMILES string of the molecule is CCC(CC)n1cc(N)c(-c2ccc(C)cc2)n1. The van der Waals surface area contributed by atoms with Crippen LogP contribution >= 0.6 is 0 Å². The van der Waals surface area contributed by atoms with Gasteiger partial charge in [-0.2, -0.15) is 5.10 Å². The monoisotopic (exact) mass is 243 g/mol. The third-order valence-corrected chi connectivity index (χ3v) is 3.40. The fourth-order valence-electron chi connectivity index (χ4n) is 2.19. The van der Waals surface area contributed by atoms with E-state index in [-0.39, 0.29) is 0 Å². The molecule has 1 aromatic carbocycles. The summed E-state index contributed by atoms with van der Waals surface area (Å²) < 4.78 is 2.00. The van der Waals surface area contributed by atoms with Gasteiger partial charge in [0.05, 0.1) is 11.7 Å². The summed E-state index contributed by atoms with van der Waals surface area (Å²) in [7, 11) is 0. The molecule has 0 atom stereocenters. The van der Waals surface area contributed by atoms with Crippen LogP contribution < -0.4 is 5.73 Å². The number of nitrogens with two attached hydrogens (primary N) is 1. The second kappa shape index (κ2) is 5.25. The van der Waals surface area contributed by atoms with E-state index in [1.54, 1.807) is 0 Å². The van der Waals surface area contributed by atoms with E-state index in [1.807, 2.05) is 10.9 Å². The van der Waals surface area contributed by atoms with E-state index in [9.17, 15) is 0 Å². The zero-order chi connectivity index (χ0) is 13.1. The van der Waals surface area contributed by atoms with E-state index >= 15 is 0 Å². The van der Waals surface area contributed by atoms with Crippen LogP contribution in [0.25, 0.3) is 11.3 Å². The Morgan fingerprint density at radius 1 is 1.17 bits per heavy atom. The maximum absolute atomic E-state index is 6.08. The van der Waals surface area contributed by atoms with Crippen molar-refractivity contribution in [3.63, 3.8) is 0 Å². The Hall–Kier alpha value is -1.77. The highest BCUT2D eigenvalue weighted by atomic mass is 15.3. The molecule has 0 unspecified atom stereocenters. The van der Waals surface area contributed by atoms with Crippen LogP contribution in [0.5, 0.6) is 0 Å². The first-order valence-electron chi connectivity index (χ1n) is 6.57. The summed E-state index contributed by atoms with van der Waals surface area (Å²) in [6.45, 7) is 6.44. The number of benzene rings is 1. The minimum atomic E-state index is 0.437. The van der Waals surface area contributed by atoms with Gasteiger partial charge in [0.1, 0.15) is 5.69 Å². The minimum absolute atomic E-state index is 0.437. The highest BCUT2D eigenvalue weighted by Gasteiger charge is 2.12. The molecule has 96 valence electrons. The van der Waals surface area contributed by atoms with Crippen molar-refractivity contribution in [2.75, 3.05) is 5.73 Å². The lowest BCUT2D eigenvalue weighted by molar-refractivity contribution is 0.429. The van der Waals surface area contributed by atoms with E-state index in [4.69, 9.17) is 5.73 Å². The van der Waals surface area contributed by atoms with Crippen LogP contribution in [0.2, 0.25) is 0 Å². The molecule has 0 bridgehead atoms. The van der Waals surface area contributed by atoms with Crippen molar-refractivity contribution in [1.82, 2.24) is 9.78 Å². The van der Waals surface area contributed by atoms with Gasteiger partial charge in [0, 0.05) is 11.8 Å². The molecule has 2 rings (SSSR count). The highest BCUT2D eigenvalue weighted by Crippen LogP contribution is 2.27. The largest absolute Gasteiger partial charge is 0.396 e. The van der Waals surface area contributed by atoms with Crippen LogP contribution in [0.15, 0.2) is 30.5 Å². The number of nitrogen functional groups attached to an aromatic ring is 1. The number of aryl methyl sites for hydroxylation is 1. The summed E-state index contributed by atoms with van der Waals surface area (Å²) in [5, 5.41) is 4.64. The summed E-state index contributed by atoms with van der Waals surface area (Å²) in [5.41, 5.74) is 10.1. The molecule has 1 heterocycles. The van der Waals surface area contributed by atoms with Crippen molar-refractivity contribution in [1.29, 1.82) is 0 Å². The lowest BCUT2D eigenvalue weighted by atomic mass is 10.1. The van der Waals surface area contributed by atoms with Crippen molar-refractivity contribution < 1.29 is 0 Å². The summed E-state index contributed by atoms with van der Waals surface area (Å²) in [6, 6.07) is 8.76. The fourth-order valence-corrected chi connectivity index (χ4v) is 2.19. The molecule has 0 fully saturated rings. The van der Waals surface area contributed by atoms with Gasteiger partial charge in [-0.3, -0.25) is 4.68 Å². The smallest absolute Gasteiger partial charge is 0.115 e. The molecule has 3 heteroatoms. The van der Waals surface area contributed by atoms with Crippen molar-refractivity contribution in [2.24, 2.45) is 0 Å². The average Bonchev–Trinajstić information content (AvgIpc) is 2.74. The second-order valence-electron chi connectivity index (χ2n) is 4.75. The van der Waals surface area contributed by atoms with Crippen LogP contribution in [0.1, 0.15) is 38.3 Å². The first-order valence-corrected chi connectivity index (χ1v) is 6.57. The Morgan fingerprint density at radius 3 is 2.33 bits per heavy atom. The van der Waals surface area contributed by atoms with Gasteiger partial charge in [0.15, 0.2) is 0 Å². The Balaban J connectivity index is 2.37. The lowest BCUT2D eigenvalue weighted by Crippen LogP contribution is -2.07. The summed E-state index contributed by atoms with van der Waals surface area (Å²) in [4.78, 5) is 0. The standard InChI is InChI=1S/C15H21N3/c1-4-13(5-2)18-10-14(16)15(17-18)12-8-6-11(3)7-9-12/h6-10,13H,4-5,16H2,1-3H3. The van der Waals surface area contributed by atoms with Crippen LogP contribution in [0.3, 0.4) is 0 Å². The van der Waals surface area contributed by atoms with Gasteiger partial charge in [0.25, 0.3) is 0 Å². The van der Waals surface area contributed by atoms with E-state index in [0.717, 1.165) is 29.8 Å². The molecule has 0 spiro atoms. The third kappa shape index (κ3) is 2.40. The molecule has 0 radical (unpaired) electrons. The predicted octanol–water partition coefficient (Wildman–Crippen LogP) is 3.80. The van der Waals surface area contributed by atoms with Gasteiger partial charge in [-0.1, -0.05) is 43.7 Å². The number of nitrogens with zero attached hydrogens (tertiary/aromatic N) is 2. The fraction of sp³-hybridized carbons (Fsp3) is 0.400. The number of hydrogen-bond acceptors (Lipinski definition) is 2. The summed E-state index contributed by atoms with van der Waals surface area (Å²) in [6.07, 6.45) is 4.10. The second-order valence-corrected chi connectivity index (χ2v) is 4.75. The van der Waals surface area contributed by atoms with Gasteiger partial charge in [-0.15, -0.1) is 0 Å². The number of rotatable bonds is 4. The van der Waals surface area contributed by atoms with Crippen molar-refractivity contribution >= 4 is 5.69 Å². The molecule has 3 nitrogen and oxygen atoms in total. The molecule has 0 aliphatic rings. The molecule has 18 heavy (non-hydrogen) atoms. The van der Waals surface area contributed by atoms with Crippen LogP contribution in [0.4, 0.5) is 5.69 Å². The number of hydrogen-bond donors (Lipinski definition) is 1. The van der Waals surface area contributed by atoms with Gasteiger partial charge >= 0.3 is 0 Å². The molecule has 2 N–H and O–H groups in total. The first-order chi connectivity index (χ1) is 8.65. The molecule has 0 saturated carbocycles. The molecule has 2 aromatic rings. The van der Waals surface area contributed by atoms with Gasteiger partial charge in [-0.05, 0) is 19.8 Å². The van der Waals surface area contributed by atoms with E-state index in [2.05, 4.69) is 50.1 Å². The van der Waals surface area contributed by atoms with Crippen LogP contribution in [0, 0.1) is 6.92 Å². The Labute approximate surface area is 109 Å². The molecule has 0 saturated heterocycles. The number of aromatic nitrogens is 2. The van der Waals surface area contributed by atoms with Crippen molar-refractivity contribution in [2.45, 2.75) is 39.7 Å². The Bertz CT molecular complexity index is 507. The van der Waals surface area contributed by atoms with E-state index in [1.165, 1.54) is 5.56 Å². The van der Waals surface area contributed by atoms with Gasteiger partial charge in [-0.25, -0.2) is 0 Å². The van der Waals surface area contributed by atoms with Crippen LogP contribution in [-0.2, 0) is 0 Å². The van der Waals surface area contributed by atoms with E-state index < -0.39 is 0 Å². The highest BCUT2D eigenvalue weighted by molar-refractivity contribution is 5.72. The first kappa shape index (κ1) is 12.7. The maximum atomic E-state index is 6.08. The maximum Gasteiger partial charge on any atom is 0.115 e. The zero-order valence-electron chi connectivity index (χ0n) is 11.4. The van der Waals surface area contributed by atoms with E-state index in [0.29, 0.717) is 6.04 Å². The molecule has 0 amide bonds. The molecule has 1 aromatic heterocycles. The summed E-state index contributed by atoms with van der Waals surface area (Å²) >= 11 is 0. The van der Waals surface area contributed by atoms with Crippen molar-refractivity contribution in [3.8, 4) is 11.3 Å². The Morgan fingerprint density at radius 2 is 1.78 bits per heavy atom. The quantitative estimate of drug-likeness (QED) is 0.887. The Kier molecular flexibility index (Phi) is 3.70. The minimum Gasteiger partial charge on any atom is -0.396 e. The normalized spacial score (nSPS) is 11.1. The topological polar surface area (TPSA) is 43.8 Å². The van der Waals surface area contributed by atoms with Gasteiger partial charge < -0.3 is 5.73 Å².